The number of nitrogens with zero attached hydrogens (tertiary/aromatic N) is 3. The van der Waals surface area contributed by atoms with E-state index in [1.807, 2.05) is 18.5 Å². The Hall–Kier alpha value is -2.73. The quantitative estimate of drug-likeness (QED) is 0.674. The standard InChI is InChI=1S/C24H30N4O2/c1-15-7-9-19(10-8-15)28-24-23(18(4)27-28)16(2)21(17(3)26-24)11-12-22(29)25-14-20-6-5-13-30-20/h7-10,20H,5-6,11-14H2,1-4H3,(H,25,29)/t20-/m1/s1. The molecule has 0 unspecified atom stereocenters. The van der Waals surface area contributed by atoms with Gasteiger partial charge in [-0.3, -0.25) is 4.79 Å². The van der Waals surface area contributed by atoms with E-state index in [1.54, 1.807) is 0 Å². The zero-order chi connectivity index (χ0) is 21.3. The Morgan fingerprint density at radius 1 is 1.17 bits per heavy atom. The number of aromatic nitrogens is 3. The summed E-state index contributed by atoms with van der Waals surface area (Å²) < 4.78 is 7.50. The van der Waals surface area contributed by atoms with Gasteiger partial charge in [-0.2, -0.15) is 5.10 Å². The van der Waals surface area contributed by atoms with E-state index >= 15 is 0 Å². The smallest absolute Gasteiger partial charge is 0.220 e. The van der Waals surface area contributed by atoms with Crippen LogP contribution in [0.15, 0.2) is 24.3 Å². The minimum absolute atomic E-state index is 0.0662. The molecule has 30 heavy (non-hydrogen) atoms. The summed E-state index contributed by atoms with van der Waals surface area (Å²) in [5.74, 6) is 0.0662. The van der Waals surface area contributed by atoms with Gasteiger partial charge in [0.2, 0.25) is 5.91 Å². The van der Waals surface area contributed by atoms with Crippen molar-refractivity contribution in [3.63, 3.8) is 0 Å². The van der Waals surface area contributed by atoms with Crippen LogP contribution in [0.3, 0.4) is 0 Å². The highest BCUT2D eigenvalue weighted by atomic mass is 16.5. The van der Waals surface area contributed by atoms with E-state index in [9.17, 15) is 4.79 Å². The Bertz CT molecular complexity index is 1060. The van der Waals surface area contributed by atoms with E-state index < -0.39 is 0 Å². The van der Waals surface area contributed by atoms with Crippen LogP contribution in [0, 0.1) is 27.7 Å². The average molecular weight is 407 g/mol. The van der Waals surface area contributed by atoms with Crippen LogP contribution in [0.1, 0.15) is 47.3 Å². The van der Waals surface area contributed by atoms with Crippen LogP contribution in [0.2, 0.25) is 0 Å². The molecule has 6 heteroatoms. The molecule has 0 saturated carbocycles. The van der Waals surface area contributed by atoms with Crippen LogP contribution in [-0.2, 0) is 16.0 Å². The molecular weight excluding hydrogens is 376 g/mol. The van der Waals surface area contributed by atoms with Crippen molar-refractivity contribution in [1.29, 1.82) is 0 Å². The molecule has 0 spiro atoms. The van der Waals surface area contributed by atoms with E-state index in [1.165, 1.54) is 11.1 Å². The highest BCUT2D eigenvalue weighted by molar-refractivity contribution is 5.85. The van der Waals surface area contributed by atoms with Gasteiger partial charge in [-0.1, -0.05) is 17.7 Å². The highest BCUT2D eigenvalue weighted by Gasteiger charge is 2.19. The second-order valence-corrected chi connectivity index (χ2v) is 8.27. The van der Waals surface area contributed by atoms with Crippen molar-refractivity contribution in [1.82, 2.24) is 20.1 Å². The number of carbonyl (C=O) groups excluding carboxylic acids is 1. The first-order valence-electron chi connectivity index (χ1n) is 10.7. The SMILES string of the molecule is Cc1ccc(-n2nc(C)c3c(C)c(CCC(=O)NC[C@H]4CCCO4)c(C)nc32)cc1. The number of benzene rings is 1. The van der Waals surface area contributed by atoms with Gasteiger partial charge >= 0.3 is 0 Å². The third kappa shape index (κ3) is 4.10. The van der Waals surface area contributed by atoms with E-state index in [2.05, 4.69) is 43.4 Å². The first-order chi connectivity index (χ1) is 14.4. The Kier molecular flexibility index (Phi) is 5.86. The molecular formula is C24H30N4O2. The van der Waals surface area contributed by atoms with Gasteiger partial charge in [0.25, 0.3) is 0 Å². The third-order valence-corrected chi connectivity index (χ3v) is 6.01. The molecule has 2 aromatic heterocycles. The number of ether oxygens (including phenoxy) is 1. The first kappa shape index (κ1) is 20.5. The molecule has 3 aromatic rings. The van der Waals surface area contributed by atoms with Gasteiger partial charge in [-0.25, -0.2) is 9.67 Å². The maximum absolute atomic E-state index is 12.3. The van der Waals surface area contributed by atoms with Crippen molar-refractivity contribution in [2.75, 3.05) is 13.2 Å². The van der Waals surface area contributed by atoms with E-state index in [-0.39, 0.29) is 12.0 Å². The molecule has 1 fully saturated rings. The molecule has 1 N–H and O–H groups in total. The molecule has 1 aromatic carbocycles. The summed E-state index contributed by atoms with van der Waals surface area (Å²) >= 11 is 0. The van der Waals surface area contributed by atoms with Gasteiger partial charge in [0.15, 0.2) is 5.65 Å². The fourth-order valence-electron chi connectivity index (χ4n) is 4.30. The second-order valence-electron chi connectivity index (χ2n) is 8.27. The number of hydrogen-bond acceptors (Lipinski definition) is 4. The Labute approximate surface area is 177 Å². The van der Waals surface area contributed by atoms with Crippen LogP contribution < -0.4 is 5.32 Å². The monoisotopic (exact) mass is 406 g/mol. The molecule has 0 aliphatic carbocycles. The average Bonchev–Trinajstić information content (AvgIpc) is 3.35. The summed E-state index contributed by atoms with van der Waals surface area (Å²) in [6.07, 6.45) is 3.41. The molecule has 4 rings (SSSR count). The van der Waals surface area contributed by atoms with Gasteiger partial charge in [0, 0.05) is 30.7 Å². The summed E-state index contributed by atoms with van der Waals surface area (Å²) in [5.41, 5.74) is 7.32. The molecule has 1 aliphatic heterocycles. The van der Waals surface area contributed by atoms with Crippen molar-refractivity contribution in [2.24, 2.45) is 0 Å². The molecule has 1 amide bonds. The molecule has 0 radical (unpaired) electrons. The van der Waals surface area contributed by atoms with Gasteiger partial charge in [-0.05, 0) is 70.2 Å². The lowest BCUT2D eigenvalue weighted by atomic mass is 9.99. The molecule has 158 valence electrons. The van der Waals surface area contributed by atoms with Crippen LogP contribution in [0.4, 0.5) is 0 Å². The van der Waals surface area contributed by atoms with Gasteiger partial charge in [0.05, 0.1) is 17.5 Å². The molecule has 1 saturated heterocycles. The molecule has 1 atom stereocenters. The van der Waals surface area contributed by atoms with Crippen molar-refractivity contribution in [2.45, 2.75) is 59.5 Å². The van der Waals surface area contributed by atoms with Crippen LogP contribution in [0.5, 0.6) is 0 Å². The molecule has 1 aliphatic rings. The number of fused-ring (bicyclic) bond motifs is 1. The van der Waals surface area contributed by atoms with Crippen LogP contribution in [0.25, 0.3) is 16.7 Å². The maximum Gasteiger partial charge on any atom is 0.220 e. The number of amides is 1. The lowest BCUT2D eigenvalue weighted by molar-refractivity contribution is -0.121. The first-order valence-corrected chi connectivity index (χ1v) is 10.7. The third-order valence-electron chi connectivity index (χ3n) is 6.01. The minimum atomic E-state index is 0.0662. The van der Waals surface area contributed by atoms with Gasteiger partial charge in [0.1, 0.15) is 0 Å². The number of aryl methyl sites for hydroxylation is 4. The van der Waals surface area contributed by atoms with Gasteiger partial charge < -0.3 is 10.1 Å². The minimum Gasteiger partial charge on any atom is -0.376 e. The highest BCUT2D eigenvalue weighted by Crippen LogP contribution is 2.28. The summed E-state index contributed by atoms with van der Waals surface area (Å²) in [7, 11) is 0. The van der Waals surface area contributed by atoms with Gasteiger partial charge in [-0.15, -0.1) is 0 Å². The largest absolute Gasteiger partial charge is 0.376 e. The van der Waals surface area contributed by atoms with E-state index in [4.69, 9.17) is 14.8 Å². The summed E-state index contributed by atoms with van der Waals surface area (Å²) in [4.78, 5) is 17.2. The molecule has 3 heterocycles. The summed E-state index contributed by atoms with van der Waals surface area (Å²) in [6.45, 7) is 9.65. The number of hydrogen-bond donors (Lipinski definition) is 1. The number of nitrogens with one attached hydrogen (secondary N) is 1. The molecule has 6 nitrogen and oxygen atoms in total. The predicted molar refractivity (Wildman–Crippen MR) is 118 cm³/mol. The predicted octanol–water partition coefficient (Wildman–Crippen LogP) is 3.88. The fourth-order valence-corrected chi connectivity index (χ4v) is 4.30. The maximum atomic E-state index is 12.3. The topological polar surface area (TPSA) is 69.0 Å². The zero-order valence-electron chi connectivity index (χ0n) is 18.3. The number of rotatable bonds is 6. The Morgan fingerprint density at radius 3 is 2.63 bits per heavy atom. The number of carbonyl (C=O) groups is 1. The van der Waals surface area contributed by atoms with E-state index in [0.717, 1.165) is 53.1 Å². The summed E-state index contributed by atoms with van der Waals surface area (Å²) in [6, 6.07) is 8.31. The van der Waals surface area contributed by atoms with Crippen molar-refractivity contribution < 1.29 is 9.53 Å². The normalized spacial score (nSPS) is 16.3. The second kappa shape index (κ2) is 8.56. The summed E-state index contributed by atoms with van der Waals surface area (Å²) in [5, 5.41) is 8.85. The molecule has 0 bridgehead atoms. The van der Waals surface area contributed by atoms with Crippen LogP contribution in [-0.4, -0.2) is 39.9 Å². The zero-order valence-corrected chi connectivity index (χ0v) is 18.3. The lowest BCUT2D eigenvalue weighted by Gasteiger charge is -2.13. The van der Waals surface area contributed by atoms with Crippen molar-refractivity contribution >= 4 is 16.9 Å². The van der Waals surface area contributed by atoms with Crippen LogP contribution >= 0.6 is 0 Å². The number of pyridine rings is 1. The van der Waals surface area contributed by atoms with E-state index in [0.29, 0.717) is 19.4 Å². The Morgan fingerprint density at radius 2 is 1.93 bits per heavy atom. The lowest BCUT2D eigenvalue weighted by Crippen LogP contribution is -2.31. The van der Waals surface area contributed by atoms with Crippen molar-refractivity contribution in [3.05, 3.63) is 52.3 Å². The Balaban J connectivity index is 1.55. The van der Waals surface area contributed by atoms with Crippen molar-refractivity contribution in [3.8, 4) is 5.69 Å². The fraction of sp³-hybridized carbons (Fsp3) is 0.458.